The number of hydrogen-bond donors (Lipinski definition) is 1. The van der Waals surface area contributed by atoms with Crippen molar-refractivity contribution in [3.8, 4) is 11.5 Å². The highest BCUT2D eigenvalue weighted by molar-refractivity contribution is 7.16. The first-order valence-electron chi connectivity index (χ1n) is 9.70. The first-order chi connectivity index (χ1) is 15.1. The Morgan fingerprint density at radius 2 is 1.87 bits per heavy atom. The van der Waals surface area contributed by atoms with Crippen LogP contribution in [-0.2, 0) is 17.8 Å². The van der Waals surface area contributed by atoms with Crippen LogP contribution in [0.25, 0.3) is 4.96 Å². The molecular weight excluding hydrogens is 416 g/mol. The summed E-state index contributed by atoms with van der Waals surface area (Å²) < 4.78 is 12.5. The summed E-state index contributed by atoms with van der Waals surface area (Å²) >= 11 is 1.39. The van der Waals surface area contributed by atoms with Crippen LogP contribution in [0.15, 0.2) is 65.5 Å². The Kier molecular flexibility index (Phi) is 6.23. The molecule has 0 spiro atoms. The van der Waals surface area contributed by atoms with Gasteiger partial charge in [-0.3, -0.25) is 9.59 Å². The molecule has 158 valence electrons. The van der Waals surface area contributed by atoms with Gasteiger partial charge in [-0.25, -0.2) is 4.98 Å². The van der Waals surface area contributed by atoms with E-state index in [4.69, 9.17) is 9.47 Å². The zero-order valence-corrected chi connectivity index (χ0v) is 17.6. The monoisotopic (exact) mass is 436 g/mol. The van der Waals surface area contributed by atoms with Gasteiger partial charge in [0.1, 0.15) is 23.1 Å². The van der Waals surface area contributed by atoms with E-state index >= 15 is 0 Å². The van der Waals surface area contributed by atoms with Gasteiger partial charge in [-0.1, -0.05) is 42.5 Å². The third-order valence-corrected chi connectivity index (χ3v) is 5.31. The van der Waals surface area contributed by atoms with Crippen molar-refractivity contribution in [3.05, 3.63) is 81.7 Å². The van der Waals surface area contributed by atoms with Crippen molar-refractivity contribution < 1.29 is 14.3 Å². The van der Waals surface area contributed by atoms with Crippen molar-refractivity contribution in [3.63, 3.8) is 0 Å². The fourth-order valence-corrected chi connectivity index (χ4v) is 3.65. The molecule has 0 saturated carbocycles. The summed E-state index contributed by atoms with van der Waals surface area (Å²) in [6.07, 6.45) is 0.744. The van der Waals surface area contributed by atoms with Crippen molar-refractivity contribution in [2.75, 3.05) is 11.9 Å². The van der Waals surface area contributed by atoms with Gasteiger partial charge in [0.25, 0.3) is 11.5 Å². The summed E-state index contributed by atoms with van der Waals surface area (Å²) in [4.78, 5) is 29.4. The quantitative estimate of drug-likeness (QED) is 0.455. The lowest BCUT2D eigenvalue weighted by atomic mass is 10.3. The number of nitrogens with one attached hydrogen (secondary N) is 1. The van der Waals surface area contributed by atoms with E-state index in [1.165, 1.54) is 21.9 Å². The Morgan fingerprint density at radius 1 is 1.06 bits per heavy atom. The highest BCUT2D eigenvalue weighted by Crippen LogP contribution is 2.19. The molecule has 4 rings (SSSR count). The lowest BCUT2D eigenvalue weighted by Crippen LogP contribution is -2.20. The maximum absolute atomic E-state index is 12.2. The van der Waals surface area contributed by atoms with Gasteiger partial charge in [-0.05, 0) is 30.7 Å². The Hall–Kier alpha value is -3.72. The fourth-order valence-electron chi connectivity index (χ4n) is 2.80. The van der Waals surface area contributed by atoms with E-state index in [9.17, 15) is 9.59 Å². The summed E-state index contributed by atoms with van der Waals surface area (Å²) in [5, 5.41) is 7.86. The van der Waals surface area contributed by atoms with Crippen LogP contribution in [0.1, 0.15) is 17.6 Å². The number of para-hydroxylation sites is 1. The summed E-state index contributed by atoms with van der Waals surface area (Å²) in [6, 6.07) is 17.5. The van der Waals surface area contributed by atoms with E-state index in [0.717, 1.165) is 11.4 Å². The van der Waals surface area contributed by atoms with Gasteiger partial charge in [0.05, 0.1) is 5.69 Å². The third-order valence-electron chi connectivity index (χ3n) is 4.26. The minimum absolute atomic E-state index is 0.0996. The molecule has 2 aromatic heterocycles. The number of nitrogens with zero attached hydrogens (tertiary/aromatic N) is 3. The van der Waals surface area contributed by atoms with E-state index < -0.39 is 0 Å². The normalized spacial score (nSPS) is 10.7. The molecule has 0 aliphatic carbocycles. The second kappa shape index (κ2) is 9.40. The van der Waals surface area contributed by atoms with Gasteiger partial charge < -0.3 is 14.8 Å². The number of aryl methyl sites for hydroxylation is 1. The largest absolute Gasteiger partial charge is 0.487 e. The van der Waals surface area contributed by atoms with Crippen LogP contribution in [0.5, 0.6) is 11.5 Å². The number of rotatable bonds is 8. The maximum Gasteiger partial charge on any atom is 0.275 e. The zero-order chi connectivity index (χ0) is 21.6. The van der Waals surface area contributed by atoms with Crippen molar-refractivity contribution >= 4 is 27.9 Å². The van der Waals surface area contributed by atoms with Gasteiger partial charge in [0, 0.05) is 17.8 Å². The number of benzene rings is 2. The predicted octanol–water partition coefficient (Wildman–Crippen LogP) is 3.31. The number of hydrogen-bond acceptors (Lipinski definition) is 7. The Bertz CT molecular complexity index is 1250. The predicted molar refractivity (Wildman–Crippen MR) is 118 cm³/mol. The van der Waals surface area contributed by atoms with Crippen LogP contribution in [0.2, 0.25) is 0 Å². The van der Waals surface area contributed by atoms with Crippen LogP contribution >= 0.6 is 11.3 Å². The van der Waals surface area contributed by atoms with Gasteiger partial charge in [-0.15, -0.1) is 0 Å². The molecule has 0 atom stereocenters. The van der Waals surface area contributed by atoms with Crippen LogP contribution in [-0.4, -0.2) is 27.1 Å². The molecular formula is C22H20N4O4S. The van der Waals surface area contributed by atoms with Gasteiger partial charge in [-0.2, -0.15) is 9.61 Å². The van der Waals surface area contributed by atoms with Gasteiger partial charge in [0.2, 0.25) is 4.96 Å². The Labute approximate surface area is 182 Å². The van der Waals surface area contributed by atoms with Crippen LogP contribution in [0.4, 0.5) is 5.69 Å². The van der Waals surface area contributed by atoms with Gasteiger partial charge >= 0.3 is 0 Å². The summed E-state index contributed by atoms with van der Waals surface area (Å²) in [5.41, 5.74) is 0.860. The molecule has 0 fully saturated rings. The molecule has 0 aliphatic rings. The van der Waals surface area contributed by atoms with E-state index in [1.54, 1.807) is 36.4 Å². The molecule has 2 heterocycles. The summed E-state index contributed by atoms with van der Waals surface area (Å²) in [5.74, 6) is 0.891. The van der Waals surface area contributed by atoms with Crippen molar-refractivity contribution in [1.29, 1.82) is 0 Å². The van der Waals surface area contributed by atoms with Crippen LogP contribution < -0.4 is 20.3 Å². The first kappa shape index (κ1) is 20.5. The first-order valence-corrected chi connectivity index (χ1v) is 10.5. The van der Waals surface area contributed by atoms with E-state index in [0.29, 0.717) is 27.8 Å². The van der Waals surface area contributed by atoms with Crippen LogP contribution in [0.3, 0.4) is 0 Å². The number of ether oxygens (including phenoxy) is 2. The SMILES string of the molecule is CCc1nn2c(=O)cc(COc3cccc(NC(=O)COc4ccccc4)c3)nc2s1. The Balaban J connectivity index is 1.36. The molecule has 1 N–H and O–H groups in total. The van der Waals surface area contributed by atoms with Crippen molar-refractivity contribution in [2.45, 2.75) is 20.0 Å². The maximum atomic E-state index is 12.2. The lowest BCUT2D eigenvalue weighted by Gasteiger charge is -2.10. The molecule has 1 amide bonds. The summed E-state index contributed by atoms with van der Waals surface area (Å²) in [7, 11) is 0. The molecule has 8 nitrogen and oxygen atoms in total. The van der Waals surface area contributed by atoms with E-state index in [1.807, 2.05) is 25.1 Å². The fraction of sp³-hybridized carbons (Fsp3) is 0.182. The van der Waals surface area contributed by atoms with Crippen LogP contribution in [0, 0.1) is 0 Å². The number of aromatic nitrogens is 3. The highest BCUT2D eigenvalue weighted by Gasteiger charge is 2.09. The molecule has 0 radical (unpaired) electrons. The minimum atomic E-state index is -0.280. The third kappa shape index (κ3) is 5.26. The second-order valence-electron chi connectivity index (χ2n) is 6.60. The molecule has 2 aromatic carbocycles. The number of carbonyl (C=O) groups excluding carboxylic acids is 1. The van der Waals surface area contributed by atoms with E-state index in [2.05, 4.69) is 15.4 Å². The molecule has 0 bridgehead atoms. The second-order valence-corrected chi connectivity index (χ2v) is 7.64. The number of anilines is 1. The molecule has 0 unspecified atom stereocenters. The smallest absolute Gasteiger partial charge is 0.275 e. The summed E-state index contributed by atoms with van der Waals surface area (Å²) in [6.45, 7) is 2.00. The molecule has 31 heavy (non-hydrogen) atoms. The van der Waals surface area contributed by atoms with Crippen molar-refractivity contribution in [1.82, 2.24) is 14.6 Å². The topological polar surface area (TPSA) is 94.8 Å². The number of carbonyl (C=O) groups is 1. The standard InChI is InChI=1S/C22H20N4O4S/c1-2-20-25-26-21(28)12-16(24-22(26)31-20)13-29-18-10-6-7-15(11-18)23-19(27)14-30-17-8-4-3-5-9-17/h3-12H,2,13-14H2,1H3,(H,23,27). The van der Waals surface area contributed by atoms with Gasteiger partial charge in [0.15, 0.2) is 6.61 Å². The average molecular weight is 436 g/mol. The molecule has 0 aliphatic heterocycles. The highest BCUT2D eigenvalue weighted by atomic mass is 32.1. The average Bonchev–Trinajstić information content (AvgIpc) is 3.21. The lowest BCUT2D eigenvalue weighted by molar-refractivity contribution is -0.118. The molecule has 0 saturated heterocycles. The zero-order valence-electron chi connectivity index (χ0n) is 16.8. The molecule has 4 aromatic rings. The molecule has 9 heteroatoms. The number of amides is 1. The van der Waals surface area contributed by atoms with E-state index in [-0.39, 0.29) is 24.7 Å². The van der Waals surface area contributed by atoms with Crippen molar-refractivity contribution in [2.24, 2.45) is 0 Å². The Morgan fingerprint density at radius 3 is 2.68 bits per heavy atom. The number of fused-ring (bicyclic) bond motifs is 1. The minimum Gasteiger partial charge on any atom is -0.487 e.